The monoisotopic (exact) mass is 302 g/mol. The summed E-state index contributed by atoms with van der Waals surface area (Å²) in [6.07, 6.45) is 5.86. The zero-order chi connectivity index (χ0) is 15.5. The summed E-state index contributed by atoms with van der Waals surface area (Å²) >= 11 is 0. The van der Waals surface area contributed by atoms with E-state index in [4.69, 9.17) is 4.98 Å². The number of rotatable bonds is 3. The minimum atomic E-state index is 0.0695. The molecule has 0 unspecified atom stereocenters. The van der Waals surface area contributed by atoms with Gasteiger partial charge in [-0.3, -0.25) is 4.79 Å². The number of piperidine rings is 1. The van der Waals surface area contributed by atoms with Crippen molar-refractivity contribution < 1.29 is 4.79 Å². The lowest BCUT2D eigenvalue weighted by atomic mass is 10.1. The highest BCUT2D eigenvalue weighted by atomic mass is 16.2. The molecular formula is C17H26N4O. The highest BCUT2D eigenvalue weighted by molar-refractivity contribution is 5.92. The molecule has 0 aliphatic carbocycles. The van der Waals surface area contributed by atoms with Gasteiger partial charge >= 0.3 is 0 Å². The lowest BCUT2D eigenvalue weighted by Gasteiger charge is -2.27. The van der Waals surface area contributed by atoms with E-state index < -0.39 is 0 Å². The summed E-state index contributed by atoms with van der Waals surface area (Å²) < 4.78 is 0. The molecule has 2 saturated heterocycles. The van der Waals surface area contributed by atoms with E-state index >= 15 is 0 Å². The van der Waals surface area contributed by atoms with Crippen LogP contribution in [-0.4, -0.2) is 47.0 Å². The Morgan fingerprint density at radius 2 is 1.64 bits per heavy atom. The summed E-state index contributed by atoms with van der Waals surface area (Å²) in [5.41, 5.74) is 1.54. The Labute approximate surface area is 132 Å². The summed E-state index contributed by atoms with van der Waals surface area (Å²) in [6.45, 7) is 7.95. The molecule has 0 N–H and O–H groups in total. The molecule has 2 aliphatic rings. The van der Waals surface area contributed by atoms with E-state index in [1.165, 1.54) is 19.3 Å². The summed E-state index contributed by atoms with van der Waals surface area (Å²) in [6, 6.07) is 1.89. The Balaban J connectivity index is 1.90. The van der Waals surface area contributed by atoms with Gasteiger partial charge in [0.1, 0.15) is 5.69 Å². The first-order chi connectivity index (χ1) is 10.6. The standard InChI is InChI=1S/C17H26N4O/c1-13(2)14-12-15(16(22)20-8-6-7-9-20)19-17(18-14)21-10-4-3-5-11-21/h12-13H,3-11H2,1-2H3. The van der Waals surface area contributed by atoms with Gasteiger partial charge in [0.05, 0.1) is 0 Å². The molecule has 3 rings (SSSR count). The zero-order valence-electron chi connectivity index (χ0n) is 13.7. The van der Waals surface area contributed by atoms with Crippen molar-refractivity contribution in [2.45, 2.75) is 51.9 Å². The normalized spacial score (nSPS) is 19.0. The van der Waals surface area contributed by atoms with Gasteiger partial charge in [0.15, 0.2) is 0 Å². The van der Waals surface area contributed by atoms with E-state index in [0.29, 0.717) is 11.6 Å². The highest BCUT2D eigenvalue weighted by Crippen LogP contribution is 2.22. The molecule has 5 nitrogen and oxygen atoms in total. The van der Waals surface area contributed by atoms with Gasteiger partial charge in [-0.1, -0.05) is 13.8 Å². The maximum Gasteiger partial charge on any atom is 0.272 e. The van der Waals surface area contributed by atoms with Gasteiger partial charge in [-0.2, -0.15) is 0 Å². The molecule has 0 radical (unpaired) electrons. The number of anilines is 1. The first-order valence-electron chi connectivity index (χ1n) is 8.58. The summed E-state index contributed by atoms with van der Waals surface area (Å²) in [5, 5.41) is 0. The molecule has 0 spiro atoms. The third kappa shape index (κ3) is 3.23. The van der Waals surface area contributed by atoms with Crippen LogP contribution in [0.3, 0.4) is 0 Å². The first-order valence-corrected chi connectivity index (χ1v) is 8.58. The van der Waals surface area contributed by atoms with Gasteiger partial charge in [-0.15, -0.1) is 0 Å². The second-order valence-electron chi connectivity index (χ2n) is 6.68. The SMILES string of the molecule is CC(C)c1cc(C(=O)N2CCCC2)nc(N2CCCCC2)n1. The number of amides is 1. The van der Waals surface area contributed by atoms with Crippen molar-refractivity contribution in [1.29, 1.82) is 0 Å². The lowest BCUT2D eigenvalue weighted by Crippen LogP contribution is -2.33. The lowest BCUT2D eigenvalue weighted by molar-refractivity contribution is 0.0786. The maximum absolute atomic E-state index is 12.7. The third-order valence-electron chi connectivity index (χ3n) is 4.58. The van der Waals surface area contributed by atoms with Crippen LogP contribution in [0, 0.1) is 0 Å². The Hall–Kier alpha value is -1.65. The Morgan fingerprint density at radius 1 is 1.00 bits per heavy atom. The van der Waals surface area contributed by atoms with E-state index in [0.717, 1.165) is 50.7 Å². The fourth-order valence-electron chi connectivity index (χ4n) is 3.18. The van der Waals surface area contributed by atoms with E-state index in [1.54, 1.807) is 0 Å². The molecule has 2 fully saturated rings. The molecule has 0 aromatic carbocycles. The number of carbonyl (C=O) groups excluding carboxylic acids is 1. The van der Waals surface area contributed by atoms with Gasteiger partial charge in [-0.25, -0.2) is 9.97 Å². The van der Waals surface area contributed by atoms with Crippen LogP contribution < -0.4 is 4.90 Å². The number of hydrogen-bond donors (Lipinski definition) is 0. The van der Waals surface area contributed by atoms with E-state index in [2.05, 4.69) is 23.7 Å². The van der Waals surface area contributed by atoms with Crippen molar-refractivity contribution in [2.75, 3.05) is 31.1 Å². The number of carbonyl (C=O) groups is 1. The molecular weight excluding hydrogens is 276 g/mol. The van der Waals surface area contributed by atoms with E-state index in [9.17, 15) is 4.79 Å². The van der Waals surface area contributed by atoms with E-state index in [1.807, 2.05) is 11.0 Å². The van der Waals surface area contributed by atoms with Crippen LogP contribution in [0.15, 0.2) is 6.07 Å². The van der Waals surface area contributed by atoms with Crippen molar-refractivity contribution >= 4 is 11.9 Å². The Morgan fingerprint density at radius 3 is 2.27 bits per heavy atom. The zero-order valence-corrected chi connectivity index (χ0v) is 13.7. The molecule has 1 aromatic rings. The molecule has 2 aliphatic heterocycles. The van der Waals surface area contributed by atoms with Crippen LogP contribution in [0.5, 0.6) is 0 Å². The Kier molecular flexibility index (Phi) is 4.60. The molecule has 1 amide bonds. The van der Waals surface area contributed by atoms with Gasteiger partial charge in [0, 0.05) is 31.9 Å². The summed E-state index contributed by atoms with van der Waals surface area (Å²) in [7, 11) is 0. The number of hydrogen-bond acceptors (Lipinski definition) is 4. The quantitative estimate of drug-likeness (QED) is 0.861. The van der Waals surface area contributed by atoms with Crippen molar-refractivity contribution in [3.05, 3.63) is 17.5 Å². The van der Waals surface area contributed by atoms with Crippen LogP contribution in [0.25, 0.3) is 0 Å². The predicted octanol–water partition coefficient (Wildman–Crippen LogP) is 2.83. The predicted molar refractivity (Wildman–Crippen MR) is 87.3 cm³/mol. The molecule has 22 heavy (non-hydrogen) atoms. The van der Waals surface area contributed by atoms with Crippen LogP contribution in [0.1, 0.15) is 68.1 Å². The number of likely N-dealkylation sites (tertiary alicyclic amines) is 1. The Bertz CT molecular complexity index is 531. The first kappa shape index (κ1) is 15.3. The minimum Gasteiger partial charge on any atom is -0.341 e. The van der Waals surface area contributed by atoms with Crippen LogP contribution in [0.4, 0.5) is 5.95 Å². The molecule has 0 bridgehead atoms. The van der Waals surface area contributed by atoms with Crippen molar-refractivity contribution in [1.82, 2.24) is 14.9 Å². The molecule has 0 atom stereocenters. The third-order valence-corrected chi connectivity index (χ3v) is 4.58. The highest BCUT2D eigenvalue weighted by Gasteiger charge is 2.24. The van der Waals surface area contributed by atoms with Gasteiger partial charge in [-0.05, 0) is 44.1 Å². The smallest absolute Gasteiger partial charge is 0.272 e. The second kappa shape index (κ2) is 6.63. The minimum absolute atomic E-state index is 0.0695. The van der Waals surface area contributed by atoms with Crippen molar-refractivity contribution in [2.24, 2.45) is 0 Å². The number of aromatic nitrogens is 2. The van der Waals surface area contributed by atoms with Gasteiger partial charge in [0.2, 0.25) is 5.95 Å². The summed E-state index contributed by atoms with van der Waals surface area (Å²) in [5.74, 6) is 1.12. The maximum atomic E-state index is 12.7. The average molecular weight is 302 g/mol. The van der Waals surface area contributed by atoms with Gasteiger partial charge < -0.3 is 9.80 Å². The van der Waals surface area contributed by atoms with Crippen LogP contribution >= 0.6 is 0 Å². The largest absolute Gasteiger partial charge is 0.341 e. The fourth-order valence-corrected chi connectivity index (χ4v) is 3.18. The topological polar surface area (TPSA) is 49.3 Å². The molecule has 3 heterocycles. The summed E-state index contributed by atoms with van der Waals surface area (Å²) in [4.78, 5) is 26.1. The molecule has 1 aromatic heterocycles. The average Bonchev–Trinajstić information content (AvgIpc) is 3.09. The van der Waals surface area contributed by atoms with Crippen molar-refractivity contribution in [3.8, 4) is 0 Å². The van der Waals surface area contributed by atoms with Crippen molar-refractivity contribution in [3.63, 3.8) is 0 Å². The second-order valence-corrected chi connectivity index (χ2v) is 6.68. The van der Waals surface area contributed by atoms with Crippen LogP contribution in [-0.2, 0) is 0 Å². The molecule has 120 valence electrons. The number of nitrogens with zero attached hydrogens (tertiary/aromatic N) is 4. The van der Waals surface area contributed by atoms with E-state index in [-0.39, 0.29) is 5.91 Å². The van der Waals surface area contributed by atoms with Gasteiger partial charge in [0.25, 0.3) is 5.91 Å². The van der Waals surface area contributed by atoms with Crippen LogP contribution in [0.2, 0.25) is 0 Å². The molecule has 5 heteroatoms. The molecule has 0 saturated carbocycles. The fraction of sp³-hybridized carbons (Fsp3) is 0.706.